The second-order valence-electron chi connectivity index (χ2n) is 5.89. The van der Waals surface area contributed by atoms with E-state index in [1.807, 2.05) is 6.07 Å². The summed E-state index contributed by atoms with van der Waals surface area (Å²) >= 11 is 0. The lowest BCUT2D eigenvalue weighted by atomic mass is 10.1. The number of benzene rings is 1. The zero-order chi connectivity index (χ0) is 15.5. The molecule has 1 N–H and O–H groups in total. The van der Waals surface area contributed by atoms with Gasteiger partial charge < -0.3 is 0 Å². The zero-order valence-electron chi connectivity index (χ0n) is 12.5. The molecule has 6 heteroatoms. The molecule has 0 bridgehead atoms. The van der Waals surface area contributed by atoms with E-state index in [0.29, 0.717) is 6.04 Å². The van der Waals surface area contributed by atoms with Gasteiger partial charge in [0, 0.05) is 25.2 Å². The van der Waals surface area contributed by atoms with Crippen molar-refractivity contribution in [3.63, 3.8) is 0 Å². The number of halogens is 1. The van der Waals surface area contributed by atoms with Gasteiger partial charge >= 0.3 is 0 Å². The number of rotatable bonds is 6. The maximum absolute atomic E-state index is 13.1. The van der Waals surface area contributed by atoms with Crippen molar-refractivity contribution in [2.24, 2.45) is 0 Å². The highest BCUT2D eigenvalue weighted by atomic mass is 32.2. The summed E-state index contributed by atoms with van der Waals surface area (Å²) < 4.78 is 38.3. The van der Waals surface area contributed by atoms with Crippen LogP contribution < -0.4 is 4.72 Å². The topological polar surface area (TPSA) is 49.4 Å². The van der Waals surface area contributed by atoms with Crippen molar-refractivity contribution in [3.8, 4) is 0 Å². The summed E-state index contributed by atoms with van der Waals surface area (Å²) in [6.07, 6.45) is 3.81. The quantitative estimate of drug-likeness (QED) is 0.870. The summed E-state index contributed by atoms with van der Waals surface area (Å²) in [5.74, 6) is -0.196. The van der Waals surface area contributed by atoms with Gasteiger partial charge in [-0.2, -0.15) is 0 Å². The molecular formula is C15H23FN2O2S. The molecule has 118 valence electrons. The van der Waals surface area contributed by atoms with E-state index in [4.69, 9.17) is 0 Å². The van der Waals surface area contributed by atoms with Gasteiger partial charge in [0.2, 0.25) is 10.0 Å². The average molecular weight is 314 g/mol. The normalized spacial score (nSPS) is 21.6. The summed E-state index contributed by atoms with van der Waals surface area (Å²) in [7, 11) is -3.14. The van der Waals surface area contributed by atoms with Gasteiger partial charge in [-0.3, -0.25) is 4.90 Å². The van der Waals surface area contributed by atoms with Crippen LogP contribution >= 0.6 is 0 Å². The SMILES string of the molecule is C[C@@H](CCc1cccc(F)c1)N1CC[C@@H](NS(C)(=O)=O)C1. The van der Waals surface area contributed by atoms with E-state index >= 15 is 0 Å². The molecule has 1 aromatic rings. The predicted octanol–water partition coefficient (Wildman–Crippen LogP) is 1.77. The molecule has 1 saturated heterocycles. The first-order valence-electron chi connectivity index (χ1n) is 7.29. The number of nitrogens with zero attached hydrogens (tertiary/aromatic N) is 1. The zero-order valence-corrected chi connectivity index (χ0v) is 13.4. The van der Waals surface area contributed by atoms with Crippen molar-refractivity contribution < 1.29 is 12.8 Å². The van der Waals surface area contributed by atoms with Gasteiger partial charge in [-0.05, 0) is 43.9 Å². The minimum atomic E-state index is -3.14. The Balaban J connectivity index is 1.80. The second kappa shape index (κ2) is 6.85. The third kappa shape index (κ3) is 5.37. The molecule has 1 aliphatic heterocycles. The molecule has 1 fully saturated rings. The van der Waals surface area contributed by atoms with Crippen LogP contribution in [-0.4, -0.2) is 44.7 Å². The fourth-order valence-electron chi connectivity index (χ4n) is 2.84. The Labute approximate surface area is 126 Å². The van der Waals surface area contributed by atoms with E-state index < -0.39 is 10.0 Å². The van der Waals surface area contributed by atoms with Crippen molar-refractivity contribution >= 4 is 10.0 Å². The molecule has 0 aromatic heterocycles. The maximum atomic E-state index is 13.1. The lowest BCUT2D eigenvalue weighted by Crippen LogP contribution is -2.38. The molecule has 1 heterocycles. The molecule has 0 spiro atoms. The molecule has 2 atom stereocenters. The van der Waals surface area contributed by atoms with Gasteiger partial charge in [0.25, 0.3) is 0 Å². The van der Waals surface area contributed by atoms with Crippen LogP contribution in [-0.2, 0) is 16.4 Å². The standard InChI is InChI=1S/C15H23FN2O2S/c1-12(6-7-13-4-3-5-14(16)10-13)18-9-8-15(11-18)17-21(2,19)20/h3-5,10,12,15,17H,6-9,11H2,1-2H3/t12-,15+/m0/s1. The van der Waals surface area contributed by atoms with Crippen molar-refractivity contribution in [1.29, 1.82) is 0 Å². The van der Waals surface area contributed by atoms with Crippen LogP contribution in [0, 0.1) is 5.82 Å². The molecule has 1 aliphatic rings. The Morgan fingerprint density at radius 1 is 1.48 bits per heavy atom. The van der Waals surface area contributed by atoms with Crippen LogP contribution in [0.5, 0.6) is 0 Å². The van der Waals surface area contributed by atoms with Crippen LogP contribution in [0.3, 0.4) is 0 Å². The molecular weight excluding hydrogens is 291 g/mol. The van der Waals surface area contributed by atoms with E-state index in [1.54, 1.807) is 12.1 Å². The Morgan fingerprint density at radius 2 is 2.24 bits per heavy atom. The molecule has 0 unspecified atom stereocenters. The minimum Gasteiger partial charge on any atom is -0.299 e. The molecule has 1 aromatic carbocycles. The highest BCUT2D eigenvalue weighted by molar-refractivity contribution is 7.88. The predicted molar refractivity (Wildman–Crippen MR) is 82.1 cm³/mol. The summed E-state index contributed by atoms with van der Waals surface area (Å²) in [5.41, 5.74) is 1.01. The third-order valence-corrected chi connectivity index (χ3v) is 4.73. The fourth-order valence-corrected chi connectivity index (χ4v) is 3.64. The lowest BCUT2D eigenvalue weighted by Gasteiger charge is -2.24. The first-order chi connectivity index (χ1) is 9.83. The molecule has 0 radical (unpaired) electrons. The molecule has 0 aliphatic carbocycles. The number of likely N-dealkylation sites (tertiary alicyclic amines) is 1. The number of hydrogen-bond acceptors (Lipinski definition) is 3. The first-order valence-corrected chi connectivity index (χ1v) is 9.18. The van der Waals surface area contributed by atoms with Crippen molar-refractivity contribution in [3.05, 3.63) is 35.6 Å². The number of nitrogens with one attached hydrogen (secondary N) is 1. The first kappa shape index (κ1) is 16.4. The van der Waals surface area contributed by atoms with Crippen LogP contribution in [0.15, 0.2) is 24.3 Å². The number of aryl methyl sites for hydroxylation is 1. The van der Waals surface area contributed by atoms with E-state index in [0.717, 1.165) is 37.9 Å². The van der Waals surface area contributed by atoms with Crippen LogP contribution in [0.4, 0.5) is 4.39 Å². The van der Waals surface area contributed by atoms with Crippen LogP contribution in [0.25, 0.3) is 0 Å². The molecule has 21 heavy (non-hydrogen) atoms. The van der Waals surface area contributed by atoms with Crippen LogP contribution in [0.2, 0.25) is 0 Å². The monoisotopic (exact) mass is 314 g/mol. The average Bonchev–Trinajstić information content (AvgIpc) is 2.82. The van der Waals surface area contributed by atoms with E-state index in [9.17, 15) is 12.8 Å². The third-order valence-electron chi connectivity index (χ3n) is 3.96. The van der Waals surface area contributed by atoms with Crippen molar-refractivity contribution in [2.45, 2.75) is 38.3 Å². The maximum Gasteiger partial charge on any atom is 0.208 e. The van der Waals surface area contributed by atoms with Crippen LogP contribution in [0.1, 0.15) is 25.3 Å². The molecule has 0 amide bonds. The molecule has 2 rings (SSSR count). The fraction of sp³-hybridized carbons (Fsp3) is 0.600. The van der Waals surface area contributed by atoms with E-state index in [2.05, 4.69) is 16.5 Å². The number of sulfonamides is 1. The number of hydrogen-bond donors (Lipinski definition) is 1. The van der Waals surface area contributed by atoms with E-state index in [1.165, 1.54) is 12.3 Å². The van der Waals surface area contributed by atoms with Gasteiger partial charge in [0.15, 0.2) is 0 Å². The molecule has 0 saturated carbocycles. The smallest absolute Gasteiger partial charge is 0.208 e. The second-order valence-corrected chi connectivity index (χ2v) is 7.67. The molecule has 4 nitrogen and oxygen atoms in total. The Morgan fingerprint density at radius 3 is 2.90 bits per heavy atom. The summed E-state index contributed by atoms with van der Waals surface area (Å²) in [4.78, 5) is 2.29. The lowest BCUT2D eigenvalue weighted by molar-refractivity contribution is 0.243. The highest BCUT2D eigenvalue weighted by Crippen LogP contribution is 2.17. The van der Waals surface area contributed by atoms with Gasteiger partial charge in [-0.25, -0.2) is 17.5 Å². The summed E-state index contributed by atoms with van der Waals surface area (Å²) in [6.45, 7) is 3.79. The van der Waals surface area contributed by atoms with Gasteiger partial charge in [-0.15, -0.1) is 0 Å². The summed E-state index contributed by atoms with van der Waals surface area (Å²) in [5, 5.41) is 0. The summed E-state index contributed by atoms with van der Waals surface area (Å²) in [6, 6.07) is 7.07. The minimum absolute atomic E-state index is 0.0108. The van der Waals surface area contributed by atoms with Gasteiger partial charge in [-0.1, -0.05) is 12.1 Å². The van der Waals surface area contributed by atoms with Gasteiger partial charge in [0.1, 0.15) is 5.82 Å². The largest absolute Gasteiger partial charge is 0.299 e. The Bertz CT molecular complexity index is 577. The van der Waals surface area contributed by atoms with Gasteiger partial charge in [0.05, 0.1) is 6.26 Å². The van der Waals surface area contributed by atoms with Crippen molar-refractivity contribution in [2.75, 3.05) is 19.3 Å². The van der Waals surface area contributed by atoms with E-state index in [-0.39, 0.29) is 11.9 Å². The Kier molecular flexibility index (Phi) is 5.35. The highest BCUT2D eigenvalue weighted by Gasteiger charge is 2.27. The van der Waals surface area contributed by atoms with Crippen molar-refractivity contribution in [1.82, 2.24) is 9.62 Å². The Hall–Kier alpha value is -0.980.